The highest BCUT2D eigenvalue weighted by Crippen LogP contribution is 1.98. The van der Waals surface area contributed by atoms with Crippen molar-refractivity contribution in [2.75, 3.05) is 46.4 Å². The van der Waals surface area contributed by atoms with Crippen LogP contribution in [0.2, 0.25) is 0 Å². The van der Waals surface area contributed by atoms with Gasteiger partial charge in [0.15, 0.2) is 5.96 Å². The number of furan rings is 1. The van der Waals surface area contributed by atoms with Crippen LogP contribution in [0, 0.1) is 0 Å². The summed E-state index contributed by atoms with van der Waals surface area (Å²) in [7, 11) is 1.77. The van der Waals surface area contributed by atoms with E-state index in [-0.39, 0.29) is 0 Å². The Morgan fingerprint density at radius 3 is 2.89 bits per heavy atom. The number of hydrogen-bond donors (Lipinski definition) is 2. The molecule has 0 aromatic carbocycles. The van der Waals surface area contributed by atoms with Crippen molar-refractivity contribution in [2.24, 2.45) is 4.99 Å². The molecule has 0 saturated carbocycles. The highest BCUT2D eigenvalue weighted by Gasteiger charge is 2.09. The summed E-state index contributed by atoms with van der Waals surface area (Å²) in [5, 5.41) is 6.51. The third-order valence-corrected chi connectivity index (χ3v) is 3.06. The van der Waals surface area contributed by atoms with Crippen LogP contribution in [0.25, 0.3) is 0 Å². The van der Waals surface area contributed by atoms with Gasteiger partial charge in [0.05, 0.1) is 26.0 Å². The van der Waals surface area contributed by atoms with E-state index in [1.807, 2.05) is 12.1 Å². The Morgan fingerprint density at radius 1 is 1.37 bits per heavy atom. The van der Waals surface area contributed by atoms with Crippen LogP contribution in [0.5, 0.6) is 0 Å². The topological polar surface area (TPSA) is 62.0 Å². The molecule has 0 aliphatic carbocycles. The normalized spacial score (nSPS) is 17.4. The Kier molecular flexibility index (Phi) is 5.71. The molecular formula is C13H22N4O2. The van der Waals surface area contributed by atoms with Gasteiger partial charge >= 0.3 is 0 Å². The lowest BCUT2D eigenvalue weighted by atomic mass is 10.4. The molecule has 2 heterocycles. The lowest BCUT2D eigenvalue weighted by Crippen LogP contribution is -2.44. The number of aliphatic imine (C=N–C) groups is 1. The fourth-order valence-corrected chi connectivity index (χ4v) is 1.96. The molecule has 0 atom stereocenters. The maximum atomic E-state index is 5.32. The summed E-state index contributed by atoms with van der Waals surface area (Å²) >= 11 is 0. The second kappa shape index (κ2) is 7.81. The van der Waals surface area contributed by atoms with Gasteiger partial charge in [0.1, 0.15) is 5.76 Å². The van der Waals surface area contributed by atoms with Gasteiger partial charge in [-0.3, -0.25) is 9.89 Å². The first-order chi connectivity index (χ1) is 9.38. The van der Waals surface area contributed by atoms with E-state index in [0.29, 0.717) is 6.54 Å². The zero-order chi connectivity index (χ0) is 13.3. The number of guanidine groups is 1. The lowest BCUT2D eigenvalue weighted by Gasteiger charge is -2.26. The summed E-state index contributed by atoms with van der Waals surface area (Å²) in [5.74, 6) is 1.70. The first-order valence-corrected chi connectivity index (χ1v) is 6.65. The molecule has 1 aliphatic heterocycles. The number of morpholine rings is 1. The summed E-state index contributed by atoms with van der Waals surface area (Å²) in [6.07, 6.45) is 1.67. The Labute approximate surface area is 113 Å². The van der Waals surface area contributed by atoms with E-state index >= 15 is 0 Å². The summed E-state index contributed by atoms with van der Waals surface area (Å²) in [5.41, 5.74) is 0. The fourth-order valence-electron chi connectivity index (χ4n) is 1.96. The fraction of sp³-hybridized carbons (Fsp3) is 0.615. The molecular weight excluding hydrogens is 244 g/mol. The van der Waals surface area contributed by atoms with Crippen LogP contribution in [0.3, 0.4) is 0 Å². The number of ether oxygens (including phenoxy) is 1. The van der Waals surface area contributed by atoms with Crippen molar-refractivity contribution < 1.29 is 9.15 Å². The van der Waals surface area contributed by atoms with Gasteiger partial charge in [-0.1, -0.05) is 0 Å². The summed E-state index contributed by atoms with van der Waals surface area (Å²) in [6.45, 7) is 6.23. The van der Waals surface area contributed by atoms with E-state index in [4.69, 9.17) is 9.15 Å². The number of nitrogens with zero attached hydrogens (tertiary/aromatic N) is 2. The molecule has 106 valence electrons. The van der Waals surface area contributed by atoms with Crippen LogP contribution in [0.4, 0.5) is 0 Å². The van der Waals surface area contributed by atoms with Gasteiger partial charge in [0, 0.05) is 33.2 Å². The van der Waals surface area contributed by atoms with Crippen LogP contribution in [-0.4, -0.2) is 57.3 Å². The molecule has 0 bridgehead atoms. The average molecular weight is 266 g/mol. The first-order valence-electron chi connectivity index (χ1n) is 6.65. The molecule has 0 amide bonds. The largest absolute Gasteiger partial charge is 0.467 e. The highest BCUT2D eigenvalue weighted by atomic mass is 16.5. The Bertz CT molecular complexity index is 372. The van der Waals surface area contributed by atoms with Crippen molar-refractivity contribution in [1.82, 2.24) is 15.5 Å². The van der Waals surface area contributed by atoms with Crippen LogP contribution >= 0.6 is 0 Å². The Balaban J connectivity index is 1.62. The smallest absolute Gasteiger partial charge is 0.191 e. The molecule has 2 rings (SSSR count). The average Bonchev–Trinajstić information content (AvgIpc) is 2.97. The SMILES string of the molecule is CN=C(NCCN1CCOCC1)NCc1ccco1. The van der Waals surface area contributed by atoms with Crippen molar-refractivity contribution >= 4 is 5.96 Å². The molecule has 6 heteroatoms. The minimum atomic E-state index is 0.643. The Morgan fingerprint density at radius 2 is 2.21 bits per heavy atom. The van der Waals surface area contributed by atoms with E-state index in [0.717, 1.165) is 51.1 Å². The van der Waals surface area contributed by atoms with Gasteiger partial charge in [0.2, 0.25) is 0 Å². The summed E-state index contributed by atoms with van der Waals surface area (Å²) < 4.78 is 10.6. The van der Waals surface area contributed by atoms with Crippen molar-refractivity contribution in [1.29, 1.82) is 0 Å². The summed E-state index contributed by atoms with van der Waals surface area (Å²) in [4.78, 5) is 6.56. The van der Waals surface area contributed by atoms with Crippen LogP contribution in [0.1, 0.15) is 5.76 Å². The monoisotopic (exact) mass is 266 g/mol. The third kappa shape index (κ3) is 4.92. The molecule has 1 aromatic rings. The molecule has 6 nitrogen and oxygen atoms in total. The van der Waals surface area contributed by atoms with Gasteiger partial charge in [-0.15, -0.1) is 0 Å². The standard InChI is InChI=1S/C13H22N4O2/c1-14-13(16-11-12-3-2-8-19-12)15-4-5-17-6-9-18-10-7-17/h2-3,8H,4-7,9-11H2,1H3,(H2,14,15,16). The molecule has 1 saturated heterocycles. The minimum Gasteiger partial charge on any atom is -0.467 e. The third-order valence-electron chi connectivity index (χ3n) is 3.06. The molecule has 0 unspecified atom stereocenters. The first kappa shape index (κ1) is 13.9. The zero-order valence-electron chi connectivity index (χ0n) is 11.4. The van der Waals surface area contributed by atoms with E-state index in [1.165, 1.54) is 0 Å². The zero-order valence-corrected chi connectivity index (χ0v) is 11.4. The van der Waals surface area contributed by atoms with Gasteiger partial charge in [0.25, 0.3) is 0 Å². The van der Waals surface area contributed by atoms with Crippen molar-refractivity contribution in [3.8, 4) is 0 Å². The molecule has 0 radical (unpaired) electrons. The quantitative estimate of drug-likeness (QED) is 0.592. The van der Waals surface area contributed by atoms with Crippen LogP contribution < -0.4 is 10.6 Å². The summed E-state index contributed by atoms with van der Waals surface area (Å²) in [6, 6.07) is 3.82. The maximum Gasteiger partial charge on any atom is 0.191 e. The van der Waals surface area contributed by atoms with Gasteiger partial charge in [-0.05, 0) is 12.1 Å². The minimum absolute atomic E-state index is 0.643. The predicted molar refractivity (Wildman–Crippen MR) is 74.2 cm³/mol. The molecule has 2 N–H and O–H groups in total. The second-order valence-electron chi connectivity index (χ2n) is 4.39. The molecule has 0 spiro atoms. The molecule has 1 aromatic heterocycles. The van der Waals surface area contributed by atoms with Crippen LogP contribution in [0.15, 0.2) is 27.8 Å². The van der Waals surface area contributed by atoms with Crippen LogP contribution in [-0.2, 0) is 11.3 Å². The van der Waals surface area contributed by atoms with Gasteiger partial charge in [-0.2, -0.15) is 0 Å². The van der Waals surface area contributed by atoms with Crippen molar-refractivity contribution in [3.63, 3.8) is 0 Å². The van der Waals surface area contributed by atoms with Crippen molar-refractivity contribution in [3.05, 3.63) is 24.2 Å². The number of nitrogens with one attached hydrogen (secondary N) is 2. The maximum absolute atomic E-state index is 5.32. The second-order valence-corrected chi connectivity index (χ2v) is 4.39. The van der Waals surface area contributed by atoms with Crippen molar-refractivity contribution in [2.45, 2.75) is 6.54 Å². The van der Waals surface area contributed by atoms with E-state index in [9.17, 15) is 0 Å². The molecule has 19 heavy (non-hydrogen) atoms. The van der Waals surface area contributed by atoms with Gasteiger partial charge < -0.3 is 19.8 Å². The number of hydrogen-bond acceptors (Lipinski definition) is 4. The number of rotatable bonds is 5. The lowest BCUT2D eigenvalue weighted by molar-refractivity contribution is 0.0389. The molecule has 1 aliphatic rings. The van der Waals surface area contributed by atoms with E-state index in [2.05, 4.69) is 20.5 Å². The highest BCUT2D eigenvalue weighted by molar-refractivity contribution is 5.79. The van der Waals surface area contributed by atoms with E-state index < -0.39 is 0 Å². The predicted octanol–water partition coefficient (Wildman–Crippen LogP) is 0.277. The van der Waals surface area contributed by atoms with E-state index in [1.54, 1.807) is 13.3 Å². The Hall–Kier alpha value is -1.53. The van der Waals surface area contributed by atoms with Gasteiger partial charge in [-0.25, -0.2) is 0 Å². The molecule has 1 fully saturated rings.